The topological polar surface area (TPSA) is 30.2 Å². The summed E-state index contributed by atoms with van der Waals surface area (Å²) < 4.78 is 1.76. The van der Waals surface area contributed by atoms with Crippen LogP contribution in [0.5, 0.6) is 0 Å². The average Bonchev–Trinajstić information content (AvgIpc) is 2.44. The second-order valence-corrected chi connectivity index (χ2v) is 3.33. The minimum absolute atomic E-state index is 0.512. The minimum Gasteiger partial charge on any atom is -0.222 e. The van der Waals surface area contributed by atoms with Crippen molar-refractivity contribution in [3.63, 3.8) is 0 Å². The lowest BCUT2D eigenvalue weighted by Crippen LogP contribution is -1.89. The van der Waals surface area contributed by atoms with Gasteiger partial charge in [-0.3, -0.25) is 0 Å². The van der Waals surface area contributed by atoms with E-state index >= 15 is 0 Å². The first kappa shape index (κ1) is 8.51. The number of aryl methyl sites for hydroxylation is 2. The van der Waals surface area contributed by atoms with Crippen molar-refractivity contribution in [3.05, 3.63) is 28.7 Å². The smallest absolute Gasteiger partial charge is 0.159 e. The summed E-state index contributed by atoms with van der Waals surface area (Å²) in [6, 6.07) is 1.74. The summed E-state index contributed by atoms with van der Waals surface area (Å²) in [6.45, 7) is 4.10. The van der Waals surface area contributed by atoms with E-state index < -0.39 is 0 Å². The Morgan fingerprint density at radius 3 is 3.00 bits per heavy atom. The number of nitrogens with zero attached hydrogens (tertiary/aromatic N) is 3. The Labute approximate surface area is 81.4 Å². The van der Waals surface area contributed by atoms with Crippen molar-refractivity contribution in [2.24, 2.45) is 0 Å². The first-order chi connectivity index (χ1) is 6.22. The fourth-order valence-electron chi connectivity index (χ4n) is 1.40. The van der Waals surface area contributed by atoms with Gasteiger partial charge in [-0.25, -0.2) is 9.50 Å². The van der Waals surface area contributed by atoms with E-state index in [-0.39, 0.29) is 0 Å². The molecule has 0 atom stereocenters. The summed E-state index contributed by atoms with van der Waals surface area (Å²) in [7, 11) is 0. The Bertz CT molecular complexity index is 447. The van der Waals surface area contributed by atoms with Gasteiger partial charge in [0, 0.05) is 11.8 Å². The van der Waals surface area contributed by atoms with Crippen molar-refractivity contribution < 1.29 is 0 Å². The summed E-state index contributed by atoms with van der Waals surface area (Å²) in [5, 5.41) is 4.88. The van der Waals surface area contributed by atoms with Crippen molar-refractivity contribution in [2.45, 2.75) is 20.3 Å². The Kier molecular flexibility index (Phi) is 1.96. The molecular weight excluding hydrogens is 186 g/mol. The van der Waals surface area contributed by atoms with Crippen LogP contribution in [0, 0.1) is 6.92 Å². The molecule has 0 fully saturated rings. The third-order valence-electron chi connectivity index (χ3n) is 2.11. The van der Waals surface area contributed by atoms with Crippen molar-refractivity contribution in [2.75, 3.05) is 0 Å². The van der Waals surface area contributed by atoms with Crippen LogP contribution in [0.2, 0.25) is 5.15 Å². The van der Waals surface area contributed by atoms with E-state index in [9.17, 15) is 0 Å². The van der Waals surface area contributed by atoms with Gasteiger partial charge in [-0.1, -0.05) is 18.5 Å². The second kappa shape index (κ2) is 3.00. The quantitative estimate of drug-likeness (QED) is 0.654. The molecule has 2 rings (SSSR count). The van der Waals surface area contributed by atoms with Crippen LogP contribution in [-0.4, -0.2) is 14.6 Å². The zero-order valence-corrected chi connectivity index (χ0v) is 8.34. The van der Waals surface area contributed by atoms with Crippen LogP contribution in [-0.2, 0) is 6.42 Å². The molecule has 3 nitrogen and oxygen atoms in total. The molecule has 0 aromatic carbocycles. The standard InChI is InChI=1S/C9H10ClN3/c1-3-7-6(2)9-11-8(10)4-5-13(9)12-7/h4-5H,3H2,1-2H3. The zero-order chi connectivity index (χ0) is 9.42. The van der Waals surface area contributed by atoms with Crippen molar-refractivity contribution in [3.8, 4) is 0 Å². The van der Waals surface area contributed by atoms with Crippen LogP contribution in [0.3, 0.4) is 0 Å². The summed E-state index contributed by atoms with van der Waals surface area (Å²) in [5.74, 6) is 0. The molecule has 0 saturated carbocycles. The highest BCUT2D eigenvalue weighted by atomic mass is 35.5. The molecule has 0 N–H and O–H groups in total. The lowest BCUT2D eigenvalue weighted by Gasteiger charge is -1.92. The molecule has 2 heterocycles. The fourth-order valence-corrected chi connectivity index (χ4v) is 1.54. The normalized spacial score (nSPS) is 11.0. The van der Waals surface area contributed by atoms with Gasteiger partial charge in [-0.05, 0) is 19.4 Å². The maximum absolute atomic E-state index is 5.79. The molecule has 2 aromatic rings. The molecular formula is C9H10ClN3. The van der Waals surface area contributed by atoms with Crippen LogP contribution in [0.15, 0.2) is 12.3 Å². The SMILES string of the molecule is CCc1nn2ccc(Cl)nc2c1C. The highest BCUT2D eigenvalue weighted by Gasteiger charge is 2.07. The van der Waals surface area contributed by atoms with Crippen LogP contribution >= 0.6 is 11.6 Å². The van der Waals surface area contributed by atoms with Crippen molar-refractivity contribution in [1.82, 2.24) is 14.6 Å². The van der Waals surface area contributed by atoms with E-state index in [4.69, 9.17) is 11.6 Å². The third-order valence-corrected chi connectivity index (χ3v) is 2.33. The van der Waals surface area contributed by atoms with Crippen LogP contribution in [0.4, 0.5) is 0 Å². The summed E-state index contributed by atoms with van der Waals surface area (Å²) in [6.07, 6.45) is 2.75. The number of aromatic nitrogens is 3. The average molecular weight is 196 g/mol. The van der Waals surface area contributed by atoms with Crippen molar-refractivity contribution >= 4 is 17.2 Å². The predicted molar refractivity (Wildman–Crippen MR) is 52.1 cm³/mol. The predicted octanol–water partition coefficient (Wildman–Crippen LogP) is 2.25. The Morgan fingerprint density at radius 1 is 1.54 bits per heavy atom. The Balaban J connectivity index is 2.77. The summed E-state index contributed by atoms with van der Waals surface area (Å²) in [4.78, 5) is 4.21. The van der Waals surface area contributed by atoms with Gasteiger partial charge >= 0.3 is 0 Å². The van der Waals surface area contributed by atoms with Crippen LogP contribution in [0.25, 0.3) is 5.65 Å². The molecule has 0 aliphatic carbocycles. The maximum atomic E-state index is 5.79. The lowest BCUT2D eigenvalue weighted by molar-refractivity contribution is 0.885. The third kappa shape index (κ3) is 1.29. The van der Waals surface area contributed by atoms with Gasteiger partial charge in [0.15, 0.2) is 5.65 Å². The van der Waals surface area contributed by atoms with Gasteiger partial charge < -0.3 is 0 Å². The van der Waals surface area contributed by atoms with E-state index in [1.807, 2.05) is 13.1 Å². The molecule has 0 saturated heterocycles. The number of fused-ring (bicyclic) bond motifs is 1. The van der Waals surface area contributed by atoms with Gasteiger partial charge in [0.05, 0.1) is 5.69 Å². The number of hydrogen-bond acceptors (Lipinski definition) is 2. The molecule has 68 valence electrons. The molecule has 0 aliphatic heterocycles. The van der Waals surface area contributed by atoms with Gasteiger partial charge in [0.2, 0.25) is 0 Å². The first-order valence-corrected chi connectivity index (χ1v) is 4.60. The van der Waals surface area contributed by atoms with Gasteiger partial charge in [-0.15, -0.1) is 0 Å². The molecule has 0 bridgehead atoms. The number of hydrogen-bond donors (Lipinski definition) is 0. The van der Waals surface area contributed by atoms with E-state index in [0.717, 1.165) is 23.3 Å². The van der Waals surface area contributed by atoms with Gasteiger partial charge in [-0.2, -0.15) is 5.10 Å². The molecule has 4 heteroatoms. The molecule has 0 amide bonds. The van der Waals surface area contributed by atoms with E-state index in [1.165, 1.54) is 0 Å². The largest absolute Gasteiger partial charge is 0.222 e. The molecule has 0 radical (unpaired) electrons. The van der Waals surface area contributed by atoms with Crippen molar-refractivity contribution in [1.29, 1.82) is 0 Å². The van der Waals surface area contributed by atoms with Gasteiger partial charge in [0.1, 0.15) is 5.15 Å². The number of rotatable bonds is 1. The van der Waals surface area contributed by atoms with Crippen LogP contribution < -0.4 is 0 Å². The van der Waals surface area contributed by atoms with E-state index in [2.05, 4.69) is 17.0 Å². The van der Waals surface area contributed by atoms with Gasteiger partial charge in [0.25, 0.3) is 0 Å². The molecule has 13 heavy (non-hydrogen) atoms. The van der Waals surface area contributed by atoms with E-state index in [0.29, 0.717) is 5.15 Å². The summed E-state index contributed by atoms with van der Waals surface area (Å²) in [5.41, 5.74) is 3.05. The second-order valence-electron chi connectivity index (χ2n) is 2.94. The fraction of sp³-hybridized carbons (Fsp3) is 0.333. The highest BCUT2D eigenvalue weighted by molar-refractivity contribution is 6.29. The highest BCUT2D eigenvalue weighted by Crippen LogP contribution is 2.14. The monoisotopic (exact) mass is 195 g/mol. The first-order valence-electron chi connectivity index (χ1n) is 4.22. The Hall–Kier alpha value is -1.09. The molecule has 0 spiro atoms. The van der Waals surface area contributed by atoms with Crippen LogP contribution in [0.1, 0.15) is 18.2 Å². The zero-order valence-electron chi connectivity index (χ0n) is 7.58. The molecule has 0 unspecified atom stereocenters. The Morgan fingerprint density at radius 2 is 2.31 bits per heavy atom. The van der Waals surface area contributed by atoms with E-state index in [1.54, 1.807) is 10.6 Å². The lowest BCUT2D eigenvalue weighted by atomic mass is 10.2. The maximum Gasteiger partial charge on any atom is 0.159 e. The molecule has 2 aromatic heterocycles. The summed E-state index contributed by atoms with van der Waals surface area (Å²) >= 11 is 5.79. The minimum atomic E-state index is 0.512. The number of halogens is 1. The molecule has 0 aliphatic rings.